The van der Waals surface area contributed by atoms with Crippen molar-refractivity contribution in [2.24, 2.45) is 23.2 Å². The fraction of sp³-hybridized carbons (Fsp3) is 0.957. The minimum Gasteiger partial charge on any atom is -0.395 e. The maximum absolute atomic E-state index is 12.5. The number of hydrogen-bond donors (Lipinski definition) is 7. The Labute approximate surface area is 201 Å². The molecule has 196 valence electrons. The van der Waals surface area contributed by atoms with Gasteiger partial charge in [-0.15, -0.1) is 0 Å². The predicted molar refractivity (Wildman–Crippen MR) is 124 cm³/mol. The average Bonchev–Trinajstić information content (AvgIpc) is 2.99. The molecule has 1 amide bonds. The Morgan fingerprint density at radius 2 is 1.68 bits per heavy atom. The van der Waals surface area contributed by atoms with E-state index in [9.17, 15) is 34.7 Å². The minimum atomic E-state index is -4.06. The predicted octanol–water partition coefficient (Wildman–Crippen LogP) is 0.107. The summed E-state index contributed by atoms with van der Waals surface area (Å²) in [4.78, 5) is 22.6. The van der Waals surface area contributed by atoms with Gasteiger partial charge >= 0.3 is 7.60 Å². The van der Waals surface area contributed by atoms with Crippen LogP contribution in [0.3, 0.4) is 0 Å². The van der Waals surface area contributed by atoms with E-state index in [0.29, 0.717) is 19.4 Å². The number of nitrogens with one attached hydrogen (secondary N) is 2. The molecule has 4 bridgehead atoms. The first-order chi connectivity index (χ1) is 16.1. The smallest absolute Gasteiger partial charge is 0.330 e. The molecule has 0 aromatic carbocycles. The molecule has 1 unspecified atom stereocenters. The van der Waals surface area contributed by atoms with Crippen molar-refractivity contribution in [3.63, 3.8) is 0 Å². The Balaban J connectivity index is 1.11. The van der Waals surface area contributed by atoms with Crippen molar-refractivity contribution in [2.45, 2.75) is 88.2 Å². The number of carbonyl (C=O) groups is 1. The molecule has 7 N–H and O–H groups in total. The summed E-state index contributed by atoms with van der Waals surface area (Å²) in [6.07, 6.45) is 4.38. The lowest BCUT2D eigenvalue weighted by molar-refractivity contribution is -0.129. The largest absolute Gasteiger partial charge is 0.395 e. The molecule has 5 rings (SSSR count). The number of aliphatic hydroxyl groups excluding tert-OH is 4. The van der Waals surface area contributed by atoms with E-state index >= 15 is 0 Å². The molecule has 4 aliphatic carbocycles. The van der Waals surface area contributed by atoms with Crippen LogP contribution in [0.25, 0.3) is 0 Å². The van der Waals surface area contributed by atoms with Crippen molar-refractivity contribution in [3.8, 4) is 0 Å². The lowest BCUT2D eigenvalue weighted by atomic mass is 9.49. The molecule has 10 nitrogen and oxygen atoms in total. The van der Waals surface area contributed by atoms with Gasteiger partial charge in [-0.2, -0.15) is 0 Å². The van der Waals surface area contributed by atoms with E-state index in [4.69, 9.17) is 4.52 Å². The third-order valence-corrected chi connectivity index (χ3v) is 9.87. The van der Waals surface area contributed by atoms with Crippen molar-refractivity contribution in [2.75, 3.05) is 25.9 Å². The second-order valence-electron chi connectivity index (χ2n) is 11.4. The Hall–Kier alpha value is -0.580. The zero-order chi connectivity index (χ0) is 24.5. The Bertz CT molecular complexity index is 732. The zero-order valence-electron chi connectivity index (χ0n) is 19.7. The van der Waals surface area contributed by atoms with Crippen LogP contribution in [-0.4, -0.2) is 87.5 Å². The van der Waals surface area contributed by atoms with Crippen molar-refractivity contribution in [3.05, 3.63) is 0 Å². The summed E-state index contributed by atoms with van der Waals surface area (Å²) in [7, 11) is -4.06. The molecule has 1 aliphatic heterocycles. The van der Waals surface area contributed by atoms with Gasteiger partial charge in [-0.1, -0.05) is 0 Å². The van der Waals surface area contributed by atoms with Gasteiger partial charge in [0.15, 0.2) is 0 Å². The topological polar surface area (TPSA) is 169 Å². The molecule has 4 saturated carbocycles. The van der Waals surface area contributed by atoms with E-state index in [2.05, 4.69) is 10.6 Å². The quantitative estimate of drug-likeness (QED) is 0.144. The fourth-order valence-corrected chi connectivity index (χ4v) is 8.62. The zero-order valence-corrected chi connectivity index (χ0v) is 20.6. The molecular weight excluding hydrogens is 463 g/mol. The lowest BCUT2D eigenvalue weighted by Crippen LogP contribution is -2.48. The first-order valence-corrected chi connectivity index (χ1v) is 14.5. The monoisotopic (exact) mass is 504 g/mol. The summed E-state index contributed by atoms with van der Waals surface area (Å²) in [5, 5.41) is 44.9. The van der Waals surface area contributed by atoms with Crippen LogP contribution in [0.2, 0.25) is 0 Å². The van der Waals surface area contributed by atoms with Crippen LogP contribution in [0.15, 0.2) is 0 Å². The van der Waals surface area contributed by atoms with E-state index in [1.165, 1.54) is 38.5 Å². The Morgan fingerprint density at radius 1 is 1.09 bits per heavy atom. The van der Waals surface area contributed by atoms with Gasteiger partial charge in [0.25, 0.3) is 0 Å². The van der Waals surface area contributed by atoms with Gasteiger partial charge in [-0.3, -0.25) is 9.36 Å². The van der Waals surface area contributed by atoms with Gasteiger partial charge < -0.3 is 40.5 Å². The Morgan fingerprint density at radius 3 is 2.24 bits per heavy atom. The third-order valence-electron chi connectivity index (χ3n) is 8.40. The molecule has 1 heterocycles. The summed E-state index contributed by atoms with van der Waals surface area (Å²) in [5.74, 6) is 2.46. The van der Waals surface area contributed by atoms with Crippen LogP contribution in [-0.2, 0) is 13.9 Å². The summed E-state index contributed by atoms with van der Waals surface area (Å²) in [5.41, 5.74) is 0.182. The second-order valence-corrected chi connectivity index (χ2v) is 13.3. The Kier molecular flexibility index (Phi) is 8.42. The molecular formula is C23H41N2O8P. The number of amides is 1. The van der Waals surface area contributed by atoms with Crippen LogP contribution in [0.4, 0.5) is 0 Å². The molecule has 34 heavy (non-hydrogen) atoms. The molecule has 0 radical (unpaired) electrons. The highest BCUT2D eigenvalue weighted by Crippen LogP contribution is 2.61. The van der Waals surface area contributed by atoms with E-state index in [0.717, 1.165) is 17.8 Å². The maximum Gasteiger partial charge on any atom is 0.330 e. The number of rotatable bonds is 12. The molecule has 11 heteroatoms. The second kappa shape index (κ2) is 10.8. The van der Waals surface area contributed by atoms with Crippen LogP contribution in [0.1, 0.15) is 57.8 Å². The summed E-state index contributed by atoms with van der Waals surface area (Å²) < 4.78 is 17.4. The summed E-state index contributed by atoms with van der Waals surface area (Å²) in [6, 6.07) is -1.41. The highest BCUT2D eigenvalue weighted by Gasteiger charge is 2.51. The van der Waals surface area contributed by atoms with Crippen molar-refractivity contribution >= 4 is 13.5 Å². The van der Waals surface area contributed by atoms with Gasteiger partial charge in [0.1, 0.15) is 0 Å². The normalized spacial score (nSPS) is 41.4. The van der Waals surface area contributed by atoms with Crippen molar-refractivity contribution in [1.82, 2.24) is 10.6 Å². The standard InChI is InChI=1S/C23H41N2O8P/c26-12-19-22(30)21(29)18(25-19)7-17(27)13-34(31,32)33-3-1-2-24-20(28)11-23-8-14-4-15(9-23)6-16(5-14)10-23/h14-19,21-22,25-27,29-30H,1-13H2,(H,24,28)(H,31,32)/t14?,15?,16?,17-,18-,19-,21-,22-,23?/m1/s1. The maximum atomic E-state index is 12.5. The van der Waals surface area contributed by atoms with Crippen LogP contribution in [0, 0.1) is 23.2 Å². The number of hydrogen-bond acceptors (Lipinski definition) is 8. The van der Waals surface area contributed by atoms with Gasteiger partial charge in [0, 0.05) is 19.0 Å². The molecule has 5 aliphatic rings. The highest BCUT2D eigenvalue weighted by molar-refractivity contribution is 7.52. The molecule has 0 aromatic heterocycles. The van der Waals surface area contributed by atoms with Gasteiger partial charge in [0.2, 0.25) is 5.91 Å². The van der Waals surface area contributed by atoms with E-state index < -0.39 is 44.2 Å². The van der Waals surface area contributed by atoms with E-state index in [1.54, 1.807) is 0 Å². The lowest BCUT2D eigenvalue weighted by Gasteiger charge is -2.56. The number of carbonyl (C=O) groups excluding carboxylic acids is 1. The van der Waals surface area contributed by atoms with Crippen LogP contribution in [0.5, 0.6) is 0 Å². The summed E-state index contributed by atoms with van der Waals surface area (Å²) >= 11 is 0. The molecule has 1 saturated heterocycles. The third kappa shape index (κ3) is 6.40. The summed E-state index contributed by atoms with van der Waals surface area (Å²) in [6.45, 7) is -0.0222. The molecule has 5 fully saturated rings. The molecule has 0 spiro atoms. The average molecular weight is 505 g/mol. The van der Waals surface area contributed by atoms with Crippen molar-refractivity contribution < 1.29 is 39.2 Å². The highest BCUT2D eigenvalue weighted by atomic mass is 31.2. The van der Waals surface area contributed by atoms with Crippen LogP contribution >= 0.6 is 7.60 Å². The van der Waals surface area contributed by atoms with Crippen molar-refractivity contribution in [1.29, 1.82) is 0 Å². The van der Waals surface area contributed by atoms with Gasteiger partial charge in [-0.25, -0.2) is 0 Å². The fourth-order valence-electron chi connectivity index (χ4n) is 7.42. The molecule has 6 atom stereocenters. The first-order valence-electron chi connectivity index (χ1n) is 12.7. The molecule has 0 aromatic rings. The van der Waals surface area contributed by atoms with E-state index in [1.807, 2.05) is 0 Å². The van der Waals surface area contributed by atoms with Crippen LogP contribution < -0.4 is 10.6 Å². The minimum absolute atomic E-state index is 0.0201. The SMILES string of the molecule is O=C(CC12CC3CC(CC(C3)C1)C2)NCCCOP(=O)(O)C[C@H](O)C[C@H]1N[C@H](CO)[C@@H](O)[C@@H]1O. The van der Waals surface area contributed by atoms with Gasteiger partial charge in [-0.05, 0) is 74.5 Å². The number of aliphatic hydroxyl groups is 4. The van der Waals surface area contributed by atoms with E-state index in [-0.39, 0.29) is 31.0 Å². The first kappa shape index (κ1) is 26.5. The van der Waals surface area contributed by atoms with Gasteiger partial charge in [0.05, 0.1) is 43.7 Å².